The van der Waals surface area contributed by atoms with Crippen molar-refractivity contribution in [1.82, 2.24) is 15.6 Å². The third-order valence-electron chi connectivity index (χ3n) is 4.38. The highest BCUT2D eigenvalue weighted by Crippen LogP contribution is 2.41. The van der Waals surface area contributed by atoms with Crippen LogP contribution in [0.3, 0.4) is 0 Å². The summed E-state index contributed by atoms with van der Waals surface area (Å²) in [6.07, 6.45) is 0. The van der Waals surface area contributed by atoms with E-state index in [4.69, 9.17) is 0 Å². The fraction of sp³-hybridized carbons (Fsp3) is 0.333. The van der Waals surface area contributed by atoms with E-state index in [2.05, 4.69) is 15.6 Å². The van der Waals surface area contributed by atoms with Crippen molar-refractivity contribution in [3.63, 3.8) is 0 Å². The summed E-state index contributed by atoms with van der Waals surface area (Å²) in [5.41, 5.74) is 0.914. The van der Waals surface area contributed by atoms with Crippen molar-refractivity contribution in [3.8, 4) is 0 Å². The number of H-pyrrole nitrogens is 1. The second-order valence-electron chi connectivity index (χ2n) is 5.58. The van der Waals surface area contributed by atoms with Crippen LogP contribution in [0.2, 0.25) is 0 Å². The molecule has 1 aromatic carbocycles. The fourth-order valence-corrected chi connectivity index (χ4v) is 3.25. The maximum atomic E-state index is 12.4. The molecule has 2 aliphatic rings. The Bertz CT molecular complexity index is 742. The van der Waals surface area contributed by atoms with Gasteiger partial charge in [0.2, 0.25) is 5.56 Å². The van der Waals surface area contributed by atoms with Crippen LogP contribution < -0.4 is 16.2 Å². The molecule has 5 heteroatoms. The van der Waals surface area contributed by atoms with E-state index >= 15 is 0 Å². The molecule has 0 spiro atoms. The van der Waals surface area contributed by atoms with Crippen molar-refractivity contribution in [2.24, 2.45) is 11.8 Å². The molecule has 1 aliphatic heterocycles. The smallest absolute Gasteiger partial charge is 0.252 e. The average Bonchev–Trinajstić information content (AvgIpc) is 2.87. The summed E-state index contributed by atoms with van der Waals surface area (Å²) in [5, 5.41) is 7.14. The molecule has 1 amide bonds. The van der Waals surface area contributed by atoms with Gasteiger partial charge in [0.1, 0.15) is 0 Å². The maximum absolute atomic E-state index is 12.4. The van der Waals surface area contributed by atoms with Crippen molar-refractivity contribution < 1.29 is 4.79 Å². The van der Waals surface area contributed by atoms with Gasteiger partial charge in [-0.25, -0.2) is 0 Å². The molecule has 20 heavy (non-hydrogen) atoms. The molecular weight excluding hydrogens is 254 g/mol. The van der Waals surface area contributed by atoms with Gasteiger partial charge in [0.15, 0.2) is 0 Å². The molecule has 3 N–H and O–H groups in total. The molecule has 2 unspecified atom stereocenters. The molecule has 0 radical (unpaired) electrons. The predicted octanol–water partition coefficient (Wildman–Crippen LogP) is 0.476. The van der Waals surface area contributed by atoms with Crippen LogP contribution in [0.15, 0.2) is 35.1 Å². The first-order valence-corrected chi connectivity index (χ1v) is 6.88. The minimum absolute atomic E-state index is 0.147. The highest BCUT2D eigenvalue weighted by molar-refractivity contribution is 6.06. The number of benzene rings is 1. The van der Waals surface area contributed by atoms with Gasteiger partial charge in [0.25, 0.3) is 5.91 Å². The van der Waals surface area contributed by atoms with Gasteiger partial charge in [0, 0.05) is 36.1 Å². The SMILES string of the molecule is O=C(NC1C2CNCC21)c1cc(=O)[nH]c2ccccc12. The van der Waals surface area contributed by atoms with Crippen molar-refractivity contribution in [2.45, 2.75) is 6.04 Å². The van der Waals surface area contributed by atoms with Crippen molar-refractivity contribution in [3.05, 3.63) is 46.2 Å². The zero-order valence-corrected chi connectivity index (χ0v) is 10.8. The van der Waals surface area contributed by atoms with Crippen LogP contribution in [0.4, 0.5) is 0 Å². The summed E-state index contributed by atoms with van der Waals surface area (Å²) in [4.78, 5) is 26.8. The number of piperidine rings is 1. The quantitative estimate of drug-likeness (QED) is 0.742. The molecule has 1 saturated heterocycles. The number of carbonyl (C=O) groups is 1. The zero-order valence-electron chi connectivity index (χ0n) is 10.8. The molecule has 1 aromatic heterocycles. The van der Waals surface area contributed by atoms with Crippen molar-refractivity contribution in [2.75, 3.05) is 13.1 Å². The number of fused-ring (bicyclic) bond motifs is 2. The van der Waals surface area contributed by atoms with E-state index in [1.807, 2.05) is 24.3 Å². The van der Waals surface area contributed by atoms with Crippen LogP contribution in [-0.2, 0) is 0 Å². The first-order valence-electron chi connectivity index (χ1n) is 6.88. The van der Waals surface area contributed by atoms with Crippen molar-refractivity contribution >= 4 is 16.8 Å². The molecule has 4 rings (SSSR count). The van der Waals surface area contributed by atoms with E-state index in [1.165, 1.54) is 6.07 Å². The molecule has 102 valence electrons. The Hall–Kier alpha value is -2.14. The largest absolute Gasteiger partial charge is 0.349 e. The standard InChI is InChI=1S/C15H15N3O2/c19-13-5-9(8-3-1-2-4-12(8)17-13)15(20)18-14-10-6-16-7-11(10)14/h1-5,10-11,14,16H,6-7H2,(H,17,19)(H,18,20). The Morgan fingerprint density at radius 2 is 1.95 bits per heavy atom. The second kappa shape index (κ2) is 4.18. The first kappa shape index (κ1) is 11.7. The summed E-state index contributed by atoms with van der Waals surface area (Å²) >= 11 is 0. The number of hydrogen-bond donors (Lipinski definition) is 3. The minimum Gasteiger partial charge on any atom is -0.349 e. The van der Waals surface area contributed by atoms with Gasteiger partial charge < -0.3 is 15.6 Å². The summed E-state index contributed by atoms with van der Waals surface area (Å²) in [5.74, 6) is 0.978. The van der Waals surface area contributed by atoms with Gasteiger partial charge in [-0.1, -0.05) is 18.2 Å². The Morgan fingerprint density at radius 3 is 2.75 bits per heavy atom. The topological polar surface area (TPSA) is 74.0 Å². The molecule has 2 atom stereocenters. The van der Waals surface area contributed by atoms with Crippen LogP contribution in [0.5, 0.6) is 0 Å². The van der Waals surface area contributed by atoms with Gasteiger partial charge in [-0.2, -0.15) is 0 Å². The maximum Gasteiger partial charge on any atom is 0.252 e. The van der Waals surface area contributed by atoms with Crippen LogP contribution >= 0.6 is 0 Å². The van der Waals surface area contributed by atoms with Crippen LogP contribution in [0, 0.1) is 11.8 Å². The summed E-state index contributed by atoms with van der Waals surface area (Å²) in [6.45, 7) is 1.96. The van der Waals surface area contributed by atoms with Gasteiger partial charge in [-0.05, 0) is 17.9 Å². The molecule has 1 saturated carbocycles. The van der Waals surface area contributed by atoms with Gasteiger partial charge in [0.05, 0.1) is 5.56 Å². The molecule has 2 heterocycles. The summed E-state index contributed by atoms with van der Waals surface area (Å²) in [6, 6.07) is 9.03. The number of nitrogens with one attached hydrogen (secondary N) is 3. The lowest BCUT2D eigenvalue weighted by Gasteiger charge is -2.09. The fourth-order valence-electron chi connectivity index (χ4n) is 3.25. The van der Waals surface area contributed by atoms with E-state index in [0.29, 0.717) is 22.9 Å². The molecule has 1 aliphatic carbocycles. The number of rotatable bonds is 2. The van der Waals surface area contributed by atoms with Crippen LogP contribution in [-0.4, -0.2) is 30.0 Å². The lowest BCUT2D eigenvalue weighted by molar-refractivity contribution is 0.0948. The molecule has 2 fully saturated rings. The Labute approximate surface area is 115 Å². The van der Waals surface area contributed by atoms with E-state index in [0.717, 1.165) is 18.5 Å². The number of para-hydroxylation sites is 1. The number of hydrogen-bond acceptors (Lipinski definition) is 3. The summed E-state index contributed by atoms with van der Waals surface area (Å²) < 4.78 is 0. The highest BCUT2D eigenvalue weighted by atomic mass is 16.2. The van der Waals surface area contributed by atoms with E-state index in [1.54, 1.807) is 0 Å². The van der Waals surface area contributed by atoms with Gasteiger partial charge >= 0.3 is 0 Å². The minimum atomic E-state index is -0.244. The Kier molecular flexibility index (Phi) is 2.44. The van der Waals surface area contributed by atoms with Crippen molar-refractivity contribution in [1.29, 1.82) is 0 Å². The van der Waals surface area contributed by atoms with Gasteiger partial charge in [-0.3, -0.25) is 9.59 Å². The zero-order chi connectivity index (χ0) is 13.7. The number of aromatic amines is 1. The van der Waals surface area contributed by atoms with E-state index < -0.39 is 0 Å². The third kappa shape index (κ3) is 1.74. The number of pyridine rings is 1. The number of aromatic nitrogens is 1. The molecule has 0 bridgehead atoms. The normalized spacial score (nSPS) is 27.3. The first-order chi connectivity index (χ1) is 9.74. The lowest BCUT2D eigenvalue weighted by atomic mass is 10.1. The molecule has 5 nitrogen and oxygen atoms in total. The second-order valence-corrected chi connectivity index (χ2v) is 5.58. The lowest BCUT2D eigenvalue weighted by Crippen LogP contribution is -2.33. The van der Waals surface area contributed by atoms with E-state index in [9.17, 15) is 9.59 Å². The van der Waals surface area contributed by atoms with Crippen LogP contribution in [0.25, 0.3) is 10.9 Å². The monoisotopic (exact) mass is 269 g/mol. The Morgan fingerprint density at radius 1 is 1.20 bits per heavy atom. The molecule has 2 aromatic rings. The molecular formula is C15H15N3O2. The summed E-state index contributed by atoms with van der Waals surface area (Å²) in [7, 11) is 0. The Balaban J connectivity index is 1.67. The number of carbonyl (C=O) groups excluding carboxylic acids is 1. The predicted molar refractivity (Wildman–Crippen MR) is 75.7 cm³/mol. The van der Waals surface area contributed by atoms with Gasteiger partial charge in [-0.15, -0.1) is 0 Å². The highest BCUT2D eigenvalue weighted by Gasteiger charge is 2.53. The number of amides is 1. The van der Waals surface area contributed by atoms with Crippen LogP contribution in [0.1, 0.15) is 10.4 Å². The third-order valence-corrected chi connectivity index (χ3v) is 4.38. The average molecular weight is 269 g/mol. The van der Waals surface area contributed by atoms with E-state index in [-0.39, 0.29) is 17.5 Å².